The predicted octanol–water partition coefficient (Wildman–Crippen LogP) is 5.41. The number of carbonyl (C=O) groups is 3. The second kappa shape index (κ2) is 9.32. The van der Waals surface area contributed by atoms with Gasteiger partial charge in [0.25, 0.3) is 0 Å². The van der Waals surface area contributed by atoms with Crippen LogP contribution in [0.5, 0.6) is 17.2 Å². The van der Waals surface area contributed by atoms with E-state index < -0.39 is 23.4 Å². The Balaban J connectivity index is 1.40. The fraction of sp³-hybridized carbons (Fsp3) is 0.171. The van der Waals surface area contributed by atoms with E-state index >= 15 is 0 Å². The van der Waals surface area contributed by atoms with Crippen LogP contribution in [-0.4, -0.2) is 42.3 Å². The Bertz CT molecular complexity index is 1880. The zero-order chi connectivity index (χ0) is 29.3. The summed E-state index contributed by atoms with van der Waals surface area (Å²) >= 11 is 0. The van der Waals surface area contributed by atoms with Crippen LogP contribution in [0.3, 0.4) is 0 Å². The van der Waals surface area contributed by atoms with Gasteiger partial charge in [0.05, 0.1) is 19.1 Å². The third-order valence-corrected chi connectivity index (χ3v) is 9.13. The molecule has 43 heavy (non-hydrogen) atoms. The molecule has 0 radical (unpaired) electrons. The molecule has 0 unspecified atom stereocenters. The number of benzene rings is 4. The van der Waals surface area contributed by atoms with Crippen molar-refractivity contribution in [1.29, 1.82) is 0 Å². The maximum Gasteiger partial charge on any atom is 0.238 e. The molecule has 8 nitrogen and oxygen atoms in total. The van der Waals surface area contributed by atoms with Gasteiger partial charge in [-0.2, -0.15) is 0 Å². The van der Waals surface area contributed by atoms with E-state index in [4.69, 9.17) is 14.2 Å². The lowest BCUT2D eigenvalue weighted by Gasteiger charge is -2.38. The Morgan fingerprint density at radius 3 is 2.56 bits per heavy atom. The van der Waals surface area contributed by atoms with E-state index in [0.717, 1.165) is 11.1 Å². The first-order valence-corrected chi connectivity index (χ1v) is 14.1. The fourth-order valence-corrected chi connectivity index (χ4v) is 7.34. The molecule has 1 fully saturated rings. The largest absolute Gasteiger partial charge is 0.497 e. The molecule has 8 rings (SSSR count). The van der Waals surface area contributed by atoms with E-state index in [0.29, 0.717) is 39.6 Å². The summed E-state index contributed by atoms with van der Waals surface area (Å²) in [6.07, 6.45) is 3.80. The average molecular weight is 571 g/mol. The third-order valence-electron chi connectivity index (χ3n) is 9.13. The van der Waals surface area contributed by atoms with E-state index in [2.05, 4.69) is 5.32 Å². The highest BCUT2D eigenvalue weighted by atomic mass is 16.7. The minimum absolute atomic E-state index is 0.0706. The van der Waals surface area contributed by atoms with Crippen LogP contribution in [-0.2, 0) is 10.2 Å². The highest BCUT2D eigenvalue weighted by molar-refractivity contribution is 6.16. The Morgan fingerprint density at radius 2 is 1.67 bits per heavy atom. The first-order valence-electron chi connectivity index (χ1n) is 14.1. The number of nitrogens with zero attached hydrogens (tertiary/aromatic N) is 1. The Hall–Kier alpha value is -5.37. The summed E-state index contributed by atoms with van der Waals surface area (Å²) in [5.41, 5.74) is 2.47. The minimum atomic E-state index is -1.41. The van der Waals surface area contributed by atoms with E-state index in [1.807, 2.05) is 65.7 Å². The average Bonchev–Trinajstić information content (AvgIpc) is 3.73. The topological polar surface area (TPSA) is 94.2 Å². The molecule has 4 heterocycles. The van der Waals surface area contributed by atoms with Crippen molar-refractivity contribution in [3.05, 3.63) is 125 Å². The minimum Gasteiger partial charge on any atom is -0.497 e. The number of fused-ring (bicyclic) bond motifs is 7. The van der Waals surface area contributed by atoms with Crippen LogP contribution in [0.15, 0.2) is 97.2 Å². The van der Waals surface area contributed by atoms with Crippen molar-refractivity contribution in [1.82, 2.24) is 4.90 Å². The third kappa shape index (κ3) is 3.46. The highest BCUT2D eigenvalue weighted by Gasteiger charge is 2.70. The van der Waals surface area contributed by atoms with Crippen molar-refractivity contribution in [3.63, 3.8) is 0 Å². The van der Waals surface area contributed by atoms with Gasteiger partial charge in [0, 0.05) is 23.0 Å². The van der Waals surface area contributed by atoms with Gasteiger partial charge in [0.2, 0.25) is 12.7 Å². The van der Waals surface area contributed by atoms with Crippen molar-refractivity contribution in [3.8, 4) is 17.2 Å². The zero-order valence-corrected chi connectivity index (χ0v) is 23.2. The van der Waals surface area contributed by atoms with Gasteiger partial charge in [-0.15, -0.1) is 0 Å². The van der Waals surface area contributed by atoms with Crippen LogP contribution in [0.4, 0.5) is 5.69 Å². The van der Waals surface area contributed by atoms with Gasteiger partial charge in [0.1, 0.15) is 17.2 Å². The van der Waals surface area contributed by atoms with Gasteiger partial charge in [-0.3, -0.25) is 14.4 Å². The van der Waals surface area contributed by atoms with E-state index in [-0.39, 0.29) is 24.3 Å². The number of methoxy groups -OCH3 is 1. The van der Waals surface area contributed by atoms with Gasteiger partial charge in [-0.05, 0) is 59.2 Å². The molecule has 1 N–H and O–H groups in total. The molecule has 4 aromatic carbocycles. The van der Waals surface area contributed by atoms with Crippen molar-refractivity contribution < 1.29 is 28.6 Å². The van der Waals surface area contributed by atoms with Crippen molar-refractivity contribution in [2.75, 3.05) is 19.2 Å². The number of hydrogen-bond acceptors (Lipinski definition) is 7. The van der Waals surface area contributed by atoms with Gasteiger partial charge in [0.15, 0.2) is 23.1 Å². The number of amides is 1. The number of ketones is 2. The van der Waals surface area contributed by atoms with E-state index in [1.165, 1.54) is 7.11 Å². The van der Waals surface area contributed by atoms with E-state index in [9.17, 15) is 14.4 Å². The molecule has 1 amide bonds. The van der Waals surface area contributed by atoms with Crippen molar-refractivity contribution in [2.45, 2.75) is 17.5 Å². The number of Topliss-reactive ketones (excluding diaryl/α,β-unsaturated/α-hetero) is 2. The molecule has 4 atom stereocenters. The maximum absolute atomic E-state index is 14.9. The number of carbonyl (C=O) groups excluding carboxylic acids is 3. The highest BCUT2D eigenvalue weighted by Crippen LogP contribution is 2.62. The Labute approximate surface area is 247 Å². The monoisotopic (exact) mass is 570 g/mol. The van der Waals surface area contributed by atoms with Crippen LogP contribution in [0.2, 0.25) is 0 Å². The number of anilines is 1. The fourth-order valence-electron chi connectivity index (χ4n) is 7.34. The molecule has 1 spiro atoms. The second-order valence-electron chi connectivity index (χ2n) is 11.1. The van der Waals surface area contributed by atoms with Gasteiger partial charge in [-0.1, -0.05) is 54.6 Å². The standard InChI is InChI=1S/C35H26N2O6/c1-41-23-9-6-8-21(17-23)31(38)29-30(32(39)22-13-14-27-28(18-22)43-19-42-27)37-16-15-20-7-2-3-10-24(20)33(37)35(29)25-11-4-5-12-26(25)36-34(35)40/h2-18,29-30,33H,19H2,1H3,(H,36,40)/t29-,30+,33-,35-/m1/s1. The molecule has 4 aliphatic rings. The number of ether oxygens (including phenoxy) is 3. The molecule has 4 aromatic rings. The summed E-state index contributed by atoms with van der Waals surface area (Å²) in [7, 11) is 1.54. The molecule has 0 aliphatic carbocycles. The summed E-state index contributed by atoms with van der Waals surface area (Å²) < 4.78 is 16.5. The number of rotatable bonds is 5. The quantitative estimate of drug-likeness (QED) is 0.321. The molecule has 4 aliphatic heterocycles. The van der Waals surface area contributed by atoms with Crippen LogP contribution in [0.25, 0.3) is 6.08 Å². The first-order chi connectivity index (χ1) is 21.0. The number of para-hydroxylation sites is 1. The normalized spacial score (nSPS) is 23.9. The summed E-state index contributed by atoms with van der Waals surface area (Å²) in [5, 5.41) is 3.07. The van der Waals surface area contributed by atoms with Crippen LogP contribution < -0.4 is 19.5 Å². The number of hydrogen-bond donors (Lipinski definition) is 1. The zero-order valence-electron chi connectivity index (χ0n) is 23.2. The molecule has 0 saturated carbocycles. The van der Waals surface area contributed by atoms with Gasteiger partial charge in [-0.25, -0.2) is 0 Å². The van der Waals surface area contributed by atoms with Crippen LogP contribution >= 0.6 is 0 Å². The molecular weight excluding hydrogens is 544 g/mol. The first kappa shape index (κ1) is 25.3. The molecular formula is C35H26N2O6. The lowest BCUT2D eigenvalue weighted by Crippen LogP contribution is -2.49. The van der Waals surface area contributed by atoms with Crippen LogP contribution in [0, 0.1) is 5.92 Å². The molecule has 0 bridgehead atoms. The second-order valence-corrected chi connectivity index (χ2v) is 11.1. The summed E-state index contributed by atoms with van der Waals surface area (Å²) in [4.78, 5) is 46.2. The lowest BCUT2D eigenvalue weighted by atomic mass is 9.62. The predicted molar refractivity (Wildman–Crippen MR) is 158 cm³/mol. The van der Waals surface area contributed by atoms with Crippen LogP contribution in [0.1, 0.15) is 43.4 Å². The van der Waals surface area contributed by atoms with Gasteiger partial charge >= 0.3 is 0 Å². The molecule has 8 heteroatoms. The molecule has 0 aromatic heterocycles. The van der Waals surface area contributed by atoms with E-state index in [1.54, 1.807) is 42.5 Å². The van der Waals surface area contributed by atoms with Crippen molar-refractivity contribution in [2.24, 2.45) is 5.92 Å². The summed E-state index contributed by atoms with van der Waals surface area (Å²) in [6.45, 7) is 0.0706. The SMILES string of the molecule is COc1cccc(C(=O)[C@H]2[C@@H](C(=O)c3ccc4c(c3)OCO4)N3C=Cc4ccccc4[C@@H]3[C@]23C(=O)Nc2ccccc23)c1. The maximum atomic E-state index is 14.9. The van der Waals surface area contributed by atoms with Crippen molar-refractivity contribution >= 4 is 29.2 Å². The smallest absolute Gasteiger partial charge is 0.238 e. The van der Waals surface area contributed by atoms with Gasteiger partial charge < -0.3 is 24.4 Å². The lowest BCUT2D eigenvalue weighted by molar-refractivity contribution is -0.122. The summed E-state index contributed by atoms with van der Waals surface area (Å²) in [5.74, 6) is -0.465. The summed E-state index contributed by atoms with van der Waals surface area (Å²) in [6, 6.07) is 25.6. The molecule has 212 valence electrons. The molecule has 1 saturated heterocycles. The Kier molecular flexibility index (Phi) is 5.50. The number of nitrogens with one attached hydrogen (secondary N) is 1. The Morgan fingerprint density at radius 1 is 0.884 bits per heavy atom.